The van der Waals surface area contributed by atoms with Crippen LogP contribution in [0.4, 0.5) is 0 Å². The molecule has 0 saturated carbocycles. The molecule has 2 heterocycles. The first-order valence-corrected chi connectivity index (χ1v) is 11.4. The van der Waals surface area contributed by atoms with Crippen LogP contribution in [0.3, 0.4) is 0 Å². The maximum absolute atomic E-state index is 12.3. The quantitative estimate of drug-likeness (QED) is 0.516. The highest BCUT2D eigenvalue weighted by Gasteiger charge is 2.28. The average molecular weight is 399 g/mol. The van der Waals surface area contributed by atoms with E-state index in [-0.39, 0.29) is 11.8 Å². The Morgan fingerprint density at radius 3 is 2.56 bits per heavy atom. The number of nitrogens with zero attached hydrogens (tertiary/aromatic N) is 2. The molecular weight excluding hydrogens is 364 g/mol. The molecule has 8 heteroatoms. The van der Waals surface area contributed by atoms with E-state index in [2.05, 4.69) is 15.5 Å². The Labute approximate surface area is 163 Å². The van der Waals surface area contributed by atoms with Gasteiger partial charge >= 0.3 is 0 Å². The van der Waals surface area contributed by atoms with Crippen LogP contribution >= 0.6 is 0 Å². The lowest BCUT2D eigenvalue weighted by Gasteiger charge is -2.25. The summed E-state index contributed by atoms with van der Waals surface area (Å²) in [5.41, 5.74) is 0. The van der Waals surface area contributed by atoms with E-state index >= 15 is 0 Å². The second kappa shape index (κ2) is 9.59. The molecule has 0 amide bonds. The number of furan rings is 1. The largest absolute Gasteiger partial charge is 0.468 e. The van der Waals surface area contributed by atoms with Gasteiger partial charge in [0.15, 0.2) is 15.8 Å². The highest BCUT2D eigenvalue weighted by Crippen LogP contribution is 2.25. The molecule has 1 aromatic heterocycles. The number of hydrogen-bond donors (Lipinski definition) is 2. The Kier molecular flexibility index (Phi) is 7.73. The van der Waals surface area contributed by atoms with Crippen LogP contribution in [0.25, 0.3) is 0 Å². The van der Waals surface area contributed by atoms with Gasteiger partial charge in [-0.1, -0.05) is 0 Å². The molecule has 0 aromatic carbocycles. The first-order chi connectivity index (χ1) is 12.7. The second-order valence-corrected chi connectivity index (χ2v) is 10.7. The van der Waals surface area contributed by atoms with Gasteiger partial charge < -0.3 is 15.1 Å². The summed E-state index contributed by atoms with van der Waals surface area (Å²) in [6, 6.07) is 4.01. The molecule has 1 aliphatic heterocycles. The Hall–Kier alpha value is -1.54. The lowest BCUT2D eigenvalue weighted by atomic mass is 10.2. The topological polar surface area (TPSA) is 86.9 Å². The summed E-state index contributed by atoms with van der Waals surface area (Å²) in [5, 5.41) is 6.34. The fourth-order valence-corrected chi connectivity index (χ4v) is 4.03. The van der Waals surface area contributed by atoms with Crippen molar-refractivity contribution in [3.63, 3.8) is 0 Å². The molecule has 1 saturated heterocycles. The zero-order valence-electron chi connectivity index (χ0n) is 17.0. The van der Waals surface area contributed by atoms with Crippen molar-refractivity contribution in [3.8, 4) is 0 Å². The van der Waals surface area contributed by atoms with Gasteiger partial charge in [0.25, 0.3) is 0 Å². The molecule has 154 valence electrons. The summed E-state index contributed by atoms with van der Waals surface area (Å²) in [5.74, 6) is 1.64. The van der Waals surface area contributed by atoms with Gasteiger partial charge in [-0.2, -0.15) is 0 Å². The van der Waals surface area contributed by atoms with Crippen LogP contribution in [-0.2, 0) is 9.84 Å². The van der Waals surface area contributed by atoms with E-state index in [0.29, 0.717) is 25.6 Å². The molecule has 0 radical (unpaired) electrons. The van der Waals surface area contributed by atoms with E-state index in [1.807, 2.05) is 19.1 Å². The molecule has 7 nitrogen and oxygen atoms in total. The van der Waals surface area contributed by atoms with Crippen LogP contribution < -0.4 is 10.6 Å². The van der Waals surface area contributed by atoms with Gasteiger partial charge in [0.2, 0.25) is 0 Å². The number of aliphatic imine (C=N–C) groups is 1. The zero-order valence-corrected chi connectivity index (χ0v) is 17.8. The van der Waals surface area contributed by atoms with E-state index in [1.54, 1.807) is 27.0 Å². The van der Waals surface area contributed by atoms with Crippen molar-refractivity contribution in [1.29, 1.82) is 0 Å². The summed E-state index contributed by atoms with van der Waals surface area (Å²) < 4.78 is 29.4. The normalized spacial score (nSPS) is 17.9. The molecule has 2 rings (SSSR count). The second-order valence-electron chi connectivity index (χ2n) is 7.85. The molecule has 1 aliphatic rings. The van der Waals surface area contributed by atoms with Gasteiger partial charge in [0, 0.05) is 13.1 Å². The van der Waals surface area contributed by atoms with Crippen LogP contribution in [0.5, 0.6) is 0 Å². The van der Waals surface area contributed by atoms with Gasteiger partial charge in [0.05, 0.1) is 29.3 Å². The third-order valence-corrected chi connectivity index (χ3v) is 7.42. The lowest BCUT2D eigenvalue weighted by Crippen LogP contribution is -2.42. The fourth-order valence-electron chi connectivity index (χ4n) is 3.05. The van der Waals surface area contributed by atoms with Crippen LogP contribution in [0, 0.1) is 0 Å². The van der Waals surface area contributed by atoms with E-state index < -0.39 is 14.6 Å². The highest BCUT2D eigenvalue weighted by molar-refractivity contribution is 7.92. The molecule has 0 aliphatic carbocycles. The van der Waals surface area contributed by atoms with Crippen molar-refractivity contribution >= 4 is 15.8 Å². The number of guanidine groups is 1. The molecule has 0 bridgehead atoms. The SMILES string of the molecule is CCNC(=NCC(c1ccco1)N1CCCC1)NCCS(=O)(=O)C(C)(C)C. The number of rotatable bonds is 8. The molecule has 1 unspecified atom stereocenters. The van der Waals surface area contributed by atoms with Crippen molar-refractivity contribution in [1.82, 2.24) is 15.5 Å². The van der Waals surface area contributed by atoms with E-state index in [0.717, 1.165) is 18.8 Å². The lowest BCUT2D eigenvalue weighted by molar-refractivity contribution is 0.221. The Morgan fingerprint density at radius 2 is 2.00 bits per heavy atom. The van der Waals surface area contributed by atoms with Gasteiger partial charge in [-0.3, -0.25) is 9.89 Å². The first-order valence-electron chi connectivity index (χ1n) is 9.76. The van der Waals surface area contributed by atoms with Crippen LogP contribution in [0.2, 0.25) is 0 Å². The number of nitrogens with one attached hydrogen (secondary N) is 2. The van der Waals surface area contributed by atoms with E-state index in [9.17, 15) is 8.42 Å². The van der Waals surface area contributed by atoms with Crippen LogP contribution in [0.1, 0.15) is 52.3 Å². The van der Waals surface area contributed by atoms with E-state index in [1.165, 1.54) is 12.8 Å². The van der Waals surface area contributed by atoms with Crippen molar-refractivity contribution in [2.75, 3.05) is 38.5 Å². The average Bonchev–Trinajstić information content (AvgIpc) is 3.28. The van der Waals surface area contributed by atoms with Crippen molar-refractivity contribution < 1.29 is 12.8 Å². The fraction of sp³-hybridized carbons (Fsp3) is 0.737. The van der Waals surface area contributed by atoms with Gasteiger partial charge in [-0.05, 0) is 65.8 Å². The number of sulfone groups is 1. The minimum absolute atomic E-state index is 0.0780. The Balaban J connectivity index is 2.00. The summed E-state index contributed by atoms with van der Waals surface area (Å²) in [6.45, 7) is 10.9. The Morgan fingerprint density at radius 1 is 1.30 bits per heavy atom. The summed E-state index contributed by atoms with van der Waals surface area (Å²) in [7, 11) is -3.16. The Bertz CT molecular complexity index is 687. The minimum Gasteiger partial charge on any atom is -0.468 e. The van der Waals surface area contributed by atoms with Crippen molar-refractivity contribution in [2.24, 2.45) is 4.99 Å². The predicted octanol–water partition coefficient (Wildman–Crippen LogP) is 2.18. The zero-order chi connectivity index (χ0) is 19.9. The third-order valence-electron chi connectivity index (χ3n) is 4.82. The molecule has 1 aromatic rings. The molecule has 1 atom stereocenters. The maximum Gasteiger partial charge on any atom is 0.191 e. The molecule has 2 N–H and O–H groups in total. The van der Waals surface area contributed by atoms with Crippen LogP contribution in [0.15, 0.2) is 27.8 Å². The predicted molar refractivity (Wildman–Crippen MR) is 110 cm³/mol. The highest BCUT2D eigenvalue weighted by atomic mass is 32.2. The number of likely N-dealkylation sites (tertiary alicyclic amines) is 1. The first kappa shape index (κ1) is 21.8. The van der Waals surface area contributed by atoms with E-state index in [4.69, 9.17) is 9.41 Å². The molecular formula is C19H34N4O3S. The third kappa shape index (κ3) is 6.24. The summed E-state index contributed by atoms with van der Waals surface area (Å²) in [4.78, 5) is 7.09. The molecule has 0 spiro atoms. The van der Waals surface area contributed by atoms with Crippen molar-refractivity contribution in [3.05, 3.63) is 24.2 Å². The smallest absolute Gasteiger partial charge is 0.191 e. The maximum atomic E-state index is 12.3. The number of hydrogen-bond acceptors (Lipinski definition) is 5. The van der Waals surface area contributed by atoms with Gasteiger partial charge in [-0.15, -0.1) is 0 Å². The monoisotopic (exact) mass is 398 g/mol. The minimum atomic E-state index is -3.16. The molecule has 1 fully saturated rings. The molecule has 27 heavy (non-hydrogen) atoms. The van der Waals surface area contributed by atoms with Gasteiger partial charge in [0.1, 0.15) is 5.76 Å². The van der Waals surface area contributed by atoms with Crippen LogP contribution in [-0.4, -0.2) is 62.5 Å². The summed E-state index contributed by atoms with van der Waals surface area (Å²) >= 11 is 0. The summed E-state index contributed by atoms with van der Waals surface area (Å²) in [6.07, 6.45) is 4.09. The van der Waals surface area contributed by atoms with Gasteiger partial charge in [-0.25, -0.2) is 8.42 Å². The van der Waals surface area contributed by atoms with Crippen molar-refractivity contribution in [2.45, 2.75) is 51.3 Å². The standard InChI is InChI=1S/C19H34N4O3S/c1-5-20-18(21-10-14-27(24,25)19(2,3)4)22-15-16(17-9-8-13-26-17)23-11-6-7-12-23/h8-9,13,16H,5-7,10-12,14-15H2,1-4H3,(H2,20,21,22).